The van der Waals surface area contributed by atoms with Crippen LogP contribution in [0.15, 0.2) is 59.9 Å². The van der Waals surface area contributed by atoms with Crippen molar-refractivity contribution in [3.8, 4) is 6.07 Å². The normalized spacial score (nSPS) is 10.5. The van der Waals surface area contributed by atoms with Crippen molar-refractivity contribution >= 4 is 45.9 Å². The van der Waals surface area contributed by atoms with Crippen molar-refractivity contribution in [3.63, 3.8) is 0 Å². The number of nitrogens with zero attached hydrogens (tertiary/aromatic N) is 4. The number of halogens is 1. The number of carbonyl (C=O) groups excluding carboxylic acids is 1. The number of fused-ring (bicyclic) bond motifs is 1. The molecule has 2 aromatic carbocycles. The number of hydrogen-bond donors (Lipinski definition) is 0. The second-order valence-corrected chi connectivity index (χ2v) is 6.82. The molecule has 1 heterocycles. The van der Waals surface area contributed by atoms with Gasteiger partial charge in [0.2, 0.25) is 5.91 Å². The molecule has 0 aliphatic rings. The predicted molar refractivity (Wildman–Crippen MR) is 104 cm³/mol. The van der Waals surface area contributed by atoms with Crippen LogP contribution in [0.25, 0.3) is 10.9 Å². The van der Waals surface area contributed by atoms with Gasteiger partial charge in [-0.05, 0) is 24.3 Å². The van der Waals surface area contributed by atoms with Crippen LogP contribution in [-0.2, 0) is 4.79 Å². The van der Waals surface area contributed by atoms with Gasteiger partial charge in [0, 0.05) is 22.6 Å². The fraction of sp³-hybridized carbons (Fsp3) is 0.158. The third-order valence-electron chi connectivity index (χ3n) is 3.71. The highest BCUT2D eigenvalue weighted by Gasteiger charge is 2.17. The van der Waals surface area contributed by atoms with Crippen LogP contribution in [0, 0.1) is 11.3 Å². The zero-order valence-corrected chi connectivity index (χ0v) is 15.4. The monoisotopic (exact) mass is 382 g/mol. The van der Waals surface area contributed by atoms with Gasteiger partial charge in [0.25, 0.3) is 0 Å². The molecule has 0 saturated heterocycles. The Morgan fingerprint density at radius 2 is 2.04 bits per heavy atom. The number of anilines is 1. The van der Waals surface area contributed by atoms with E-state index in [-0.39, 0.29) is 18.1 Å². The maximum atomic E-state index is 12.8. The van der Waals surface area contributed by atoms with Gasteiger partial charge in [-0.25, -0.2) is 9.97 Å². The van der Waals surface area contributed by atoms with E-state index < -0.39 is 0 Å². The van der Waals surface area contributed by atoms with Gasteiger partial charge >= 0.3 is 0 Å². The fourth-order valence-electron chi connectivity index (χ4n) is 2.51. The summed E-state index contributed by atoms with van der Waals surface area (Å²) in [5.41, 5.74) is 1.53. The highest BCUT2D eigenvalue weighted by atomic mass is 35.5. The second kappa shape index (κ2) is 8.65. The molecule has 0 aliphatic carbocycles. The summed E-state index contributed by atoms with van der Waals surface area (Å²) in [5.74, 6) is 0.106. The smallest absolute Gasteiger partial charge is 0.237 e. The quantitative estimate of drug-likeness (QED) is 0.469. The van der Waals surface area contributed by atoms with Crippen LogP contribution in [-0.4, -0.2) is 28.2 Å². The number of para-hydroxylation sites is 1. The molecule has 1 amide bonds. The van der Waals surface area contributed by atoms with Crippen LogP contribution in [0.1, 0.15) is 6.42 Å². The molecule has 1 aromatic heterocycles. The molecule has 0 spiro atoms. The van der Waals surface area contributed by atoms with Gasteiger partial charge in [-0.1, -0.05) is 47.6 Å². The Bertz CT molecular complexity index is 968. The highest BCUT2D eigenvalue weighted by molar-refractivity contribution is 8.00. The van der Waals surface area contributed by atoms with Gasteiger partial charge in [0.1, 0.15) is 11.4 Å². The summed E-state index contributed by atoms with van der Waals surface area (Å²) >= 11 is 7.40. The molecule has 3 rings (SSSR count). The highest BCUT2D eigenvalue weighted by Crippen LogP contribution is 2.26. The number of amides is 1. The maximum Gasteiger partial charge on any atom is 0.237 e. The lowest BCUT2D eigenvalue weighted by Gasteiger charge is -2.22. The van der Waals surface area contributed by atoms with Crippen molar-refractivity contribution in [2.75, 3.05) is 17.2 Å². The molecule has 7 heteroatoms. The Hall–Kier alpha value is -2.62. The van der Waals surface area contributed by atoms with Gasteiger partial charge < -0.3 is 4.90 Å². The number of carbonyl (C=O) groups is 1. The van der Waals surface area contributed by atoms with Crippen molar-refractivity contribution in [2.45, 2.75) is 11.4 Å². The molecule has 0 saturated carbocycles. The largest absolute Gasteiger partial charge is 0.311 e. The standard InChI is InChI=1S/C19H15ClN4OS/c20-14-5-3-6-15(11-14)24(10-4-9-21)18(25)12-26-19-16-7-1-2-8-17(16)22-13-23-19/h1-3,5-8,11,13H,4,10,12H2. The van der Waals surface area contributed by atoms with E-state index in [1.54, 1.807) is 23.1 Å². The van der Waals surface area contributed by atoms with Crippen molar-refractivity contribution < 1.29 is 4.79 Å². The third-order valence-corrected chi connectivity index (χ3v) is 4.93. The molecule has 3 aromatic rings. The predicted octanol–water partition coefficient (Wildman–Crippen LogP) is 4.32. The van der Waals surface area contributed by atoms with E-state index >= 15 is 0 Å². The molecular formula is C19H15ClN4OS. The van der Waals surface area contributed by atoms with Crippen molar-refractivity contribution in [3.05, 3.63) is 59.9 Å². The zero-order valence-electron chi connectivity index (χ0n) is 13.8. The molecule has 0 N–H and O–H groups in total. The first-order valence-electron chi connectivity index (χ1n) is 7.94. The number of thioether (sulfide) groups is 1. The molecule has 0 atom stereocenters. The van der Waals surface area contributed by atoms with Gasteiger partial charge in [-0.2, -0.15) is 5.26 Å². The van der Waals surface area contributed by atoms with Crippen LogP contribution in [0.2, 0.25) is 5.02 Å². The molecule has 0 radical (unpaired) electrons. The molecular weight excluding hydrogens is 368 g/mol. The fourth-order valence-corrected chi connectivity index (χ4v) is 3.56. The number of rotatable bonds is 6. The Balaban J connectivity index is 1.78. The summed E-state index contributed by atoms with van der Waals surface area (Å²) in [7, 11) is 0. The van der Waals surface area contributed by atoms with Crippen LogP contribution in [0.4, 0.5) is 5.69 Å². The van der Waals surface area contributed by atoms with Gasteiger partial charge in [0.15, 0.2) is 0 Å². The van der Waals surface area contributed by atoms with E-state index in [2.05, 4.69) is 16.0 Å². The lowest BCUT2D eigenvalue weighted by atomic mass is 10.2. The Morgan fingerprint density at radius 1 is 1.19 bits per heavy atom. The van der Waals surface area contributed by atoms with E-state index in [9.17, 15) is 4.79 Å². The first-order chi connectivity index (χ1) is 12.7. The molecule has 26 heavy (non-hydrogen) atoms. The third kappa shape index (κ3) is 4.31. The average Bonchev–Trinajstić information content (AvgIpc) is 2.66. The molecule has 0 fully saturated rings. The van der Waals surface area contributed by atoms with Gasteiger partial charge in [-0.15, -0.1) is 0 Å². The number of nitriles is 1. The molecule has 5 nitrogen and oxygen atoms in total. The van der Waals surface area contributed by atoms with Crippen LogP contribution in [0.5, 0.6) is 0 Å². The second-order valence-electron chi connectivity index (χ2n) is 5.42. The summed E-state index contributed by atoms with van der Waals surface area (Å²) in [6.07, 6.45) is 1.75. The Kier molecular flexibility index (Phi) is 6.05. The summed E-state index contributed by atoms with van der Waals surface area (Å²) in [6.45, 7) is 0.320. The lowest BCUT2D eigenvalue weighted by Crippen LogP contribution is -2.33. The summed E-state index contributed by atoms with van der Waals surface area (Å²) in [4.78, 5) is 22.9. The topological polar surface area (TPSA) is 69.9 Å². The van der Waals surface area contributed by atoms with Crippen molar-refractivity contribution in [1.29, 1.82) is 5.26 Å². The average molecular weight is 383 g/mol. The molecule has 0 unspecified atom stereocenters. The minimum atomic E-state index is -0.102. The van der Waals surface area contributed by atoms with Crippen LogP contribution >= 0.6 is 23.4 Å². The van der Waals surface area contributed by atoms with E-state index in [1.165, 1.54) is 18.1 Å². The molecule has 130 valence electrons. The van der Waals surface area contributed by atoms with E-state index in [0.717, 1.165) is 15.9 Å². The van der Waals surface area contributed by atoms with E-state index in [0.29, 0.717) is 17.3 Å². The number of aromatic nitrogens is 2. The minimum Gasteiger partial charge on any atom is -0.311 e. The Labute approximate surface area is 160 Å². The summed E-state index contributed by atoms with van der Waals surface area (Å²) < 4.78 is 0. The molecule has 0 bridgehead atoms. The number of benzene rings is 2. The van der Waals surface area contributed by atoms with E-state index in [4.69, 9.17) is 16.9 Å². The van der Waals surface area contributed by atoms with Gasteiger partial charge in [-0.3, -0.25) is 4.79 Å². The SMILES string of the molecule is N#CCCN(C(=O)CSc1ncnc2ccccc12)c1cccc(Cl)c1. The van der Waals surface area contributed by atoms with Gasteiger partial charge in [0.05, 0.1) is 23.8 Å². The van der Waals surface area contributed by atoms with Crippen LogP contribution in [0.3, 0.4) is 0 Å². The maximum absolute atomic E-state index is 12.8. The molecule has 0 aliphatic heterocycles. The lowest BCUT2D eigenvalue weighted by molar-refractivity contribution is -0.116. The minimum absolute atomic E-state index is 0.102. The van der Waals surface area contributed by atoms with Crippen LogP contribution < -0.4 is 4.90 Å². The van der Waals surface area contributed by atoms with Crippen molar-refractivity contribution in [1.82, 2.24) is 9.97 Å². The first kappa shape index (κ1) is 18.2. The first-order valence-corrected chi connectivity index (χ1v) is 9.31. The van der Waals surface area contributed by atoms with E-state index in [1.807, 2.05) is 30.3 Å². The van der Waals surface area contributed by atoms with Crippen molar-refractivity contribution in [2.24, 2.45) is 0 Å². The summed E-state index contributed by atoms with van der Waals surface area (Å²) in [5, 5.41) is 11.1. The number of hydrogen-bond acceptors (Lipinski definition) is 5. The zero-order chi connectivity index (χ0) is 18.4. The summed E-state index contributed by atoms with van der Waals surface area (Å²) in [6, 6.07) is 16.8. The Morgan fingerprint density at radius 3 is 2.85 bits per heavy atom.